The fraction of sp³-hybridized carbons (Fsp3) is 0.200. The molecule has 0 radical (unpaired) electrons. The van der Waals surface area contributed by atoms with Crippen LogP contribution in [-0.4, -0.2) is 31.1 Å². The van der Waals surface area contributed by atoms with Crippen LogP contribution in [0.3, 0.4) is 0 Å². The van der Waals surface area contributed by atoms with Gasteiger partial charge in [0.1, 0.15) is 5.75 Å². The number of aromatic hydroxyl groups is 1. The summed E-state index contributed by atoms with van der Waals surface area (Å²) in [6, 6.07) is 4.86. The highest BCUT2D eigenvalue weighted by Crippen LogP contribution is 2.45. The van der Waals surface area contributed by atoms with Crippen LogP contribution in [0.1, 0.15) is 28.4 Å². The van der Waals surface area contributed by atoms with Crippen LogP contribution < -0.4 is 14.2 Å². The first-order valence-corrected chi connectivity index (χ1v) is 8.14. The topological polar surface area (TPSA) is 82.1 Å². The largest absolute Gasteiger partial charge is 0.507 e. The summed E-state index contributed by atoms with van der Waals surface area (Å²) in [6.07, 6.45) is -2.27. The quantitative estimate of drug-likeness (QED) is 0.332. The average molecular weight is 410 g/mol. The smallest absolute Gasteiger partial charge is 0.416 e. The Hall–Kier alpha value is -3.49. The minimum absolute atomic E-state index is 0.0152. The van der Waals surface area contributed by atoms with Crippen molar-refractivity contribution in [1.82, 2.24) is 0 Å². The lowest BCUT2D eigenvalue weighted by Gasteiger charge is -2.15. The van der Waals surface area contributed by atoms with Crippen LogP contribution in [0.15, 0.2) is 36.4 Å². The molecule has 0 spiro atoms. The van der Waals surface area contributed by atoms with E-state index in [0.29, 0.717) is 0 Å². The van der Waals surface area contributed by atoms with Crippen LogP contribution in [0.2, 0.25) is 0 Å². The van der Waals surface area contributed by atoms with Crippen molar-refractivity contribution in [2.45, 2.75) is 13.1 Å². The number of phenols is 1. The standard InChI is InChI=1S/C20H17F3O6/c1-11(24)29-19-17(27-2)10-16(26)14(18(19)28-3)8-9-15(25)12-4-6-13(7-5-12)20(21,22)23/h4-10,26H,1-3H3/b9-8+. The third kappa shape index (κ3) is 5.07. The maximum atomic E-state index is 12.6. The summed E-state index contributed by atoms with van der Waals surface area (Å²) >= 11 is 0. The molecule has 2 rings (SSSR count). The summed E-state index contributed by atoms with van der Waals surface area (Å²) in [6.45, 7) is 1.16. The van der Waals surface area contributed by atoms with Gasteiger partial charge in [0.25, 0.3) is 0 Å². The molecule has 0 unspecified atom stereocenters. The Bertz CT molecular complexity index is 946. The van der Waals surface area contributed by atoms with Crippen molar-refractivity contribution in [1.29, 1.82) is 0 Å². The van der Waals surface area contributed by atoms with E-state index in [4.69, 9.17) is 14.2 Å². The molecule has 2 aromatic carbocycles. The zero-order chi connectivity index (χ0) is 21.8. The number of carbonyl (C=O) groups is 2. The van der Waals surface area contributed by atoms with Gasteiger partial charge in [0.2, 0.25) is 5.75 Å². The molecule has 0 atom stereocenters. The molecule has 0 aliphatic heterocycles. The zero-order valence-electron chi connectivity index (χ0n) is 15.7. The van der Waals surface area contributed by atoms with E-state index in [9.17, 15) is 27.9 Å². The maximum Gasteiger partial charge on any atom is 0.416 e. The van der Waals surface area contributed by atoms with E-state index < -0.39 is 23.5 Å². The number of hydrogen-bond acceptors (Lipinski definition) is 6. The number of benzene rings is 2. The monoisotopic (exact) mass is 410 g/mol. The van der Waals surface area contributed by atoms with Crippen molar-refractivity contribution >= 4 is 17.8 Å². The molecule has 29 heavy (non-hydrogen) atoms. The van der Waals surface area contributed by atoms with Crippen molar-refractivity contribution in [3.8, 4) is 23.0 Å². The Morgan fingerprint density at radius 1 is 1.03 bits per heavy atom. The van der Waals surface area contributed by atoms with Crippen LogP contribution in [0, 0.1) is 0 Å². The van der Waals surface area contributed by atoms with Gasteiger partial charge < -0.3 is 19.3 Å². The molecule has 9 heteroatoms. The van der Waals surface area contributed by atoms with Crippen molar-refractivity contribution in [3.63, 3.8) is 0 Å². The van der Waals surface area contributed by atoms with Crippen LogP contribution in [0.25, 0.3) is 6.08 Å². The highest BCUT2D eigenvalue weighted by Gasteiger charge is 2.30. The fourth-order valence-electron chi connectivity index (χ4n) is 2.45. The number of carbonyl (C=O) groups excluding carboxylic acids is 2. The van der Waals surface area contributed by atoms with E-state index in [0.717, 1.165) is 37.3 Å². The minimum atomic E-state index is -4.51. The first-order valence-electron chi connectivity index (χ1n) is 8.14. The van der Waals surface area contributed by atoms with E-state index in [1.807, 2.05) is 0 Å². The Morgan fingerprint density at radius 2 is 1.66 bits per heavy atom. The second-order valence-corrected chi connectivity index (χ2v) is 5.74. The Labute approximate surface area is 164 Å². The summed E-state index contributed by atoms with van der Waals surface area (Å²) < 4.78 is 53.2. The number of ketones is 1. The molecule has 1 N–H and O–H groups in total. The number of phenolic OH excluding ortho intramolecular Hbond substituents is 1. The molecule has 6 nitrogen and oxygen atoms in total. The molecule has 154 valence electrons. The van der Waals surface area contributed by atoms with Crippen molar-refractivity contribution < 1.29 is 42.1 Å². The van der Waals surface area contributed by atoms with Crippen molar-refractivity contribution in [3.05, 3.63) is 53.1 Å². The highest BCUT2D eigenvalue weighted by molar-refractivity contribution is 6.07. The van der Waals surface area contributed by atoms with Gasteiger partial charge >= 0.3 is 12.1 Å². The highest BCUT2D eigenvalue weighted by atomic mass is 19.4. The fourth-order valence-corrected chi connectivity index (χ4v) is 2.45. The minimum Gasteiger partial charge on any atom is -0.507 e. The van der Waals surface area contributed by atoms with Gasteiger partial charge in [-0.2, -0.15) is 13.2 Å². The Morgan fingerprint density at radius 3 is 2.14 bits per heavy atom. The molecule has 0 aliphatic carbocycles. The predicted octanol–water partition coefficient (Wildman–Crippen LogP) is 4.25. The normalized spacial score (nSPS) is 11.4. The van der Waals surface area contributed by atoms with Gasteiger partial charge in [0.05, 0.1) is 25.3 Å². The Kier molecular flexibility index (Phi) is 6.53. The molecule has 0 fully saturated rings. The number of hydrogen-bond donors (Lipinski definition) is 1. The van der Waals surface area contributed by atoms with Gasteiger partial charge in [-0.3, -0.25) is 9.59 Å². The molecule has 0 aromatic heterocycles. The summed E-state index contributed by atoms with van der Waals surface area (Å²) in [7, 11) is 2.56. The van der Waals surface area contributed by atoms with E-state index in [1.54, 1.807) is 0 Å². The summed E-state index contributed by atoms with van der Waals surface area (Å²) in [5.41, 5.74) is -0.843. The lowest BCUT2D eigenvalue weighted by Crippen LogP contribution is -2.06. The first kappa shape index (κ1) is 21.8. The van der Waals surface area contributed by atoms with Gasteiger partial charge in [0, 0.05) is 18.6 Å². The molecule has 0 bridgehead atoms. The second kappa shape index (κ2) is 8.68. The second-order valence-electron chi connectivity index (χ2n) is 5.74. The van der Waals surface area contributed by atoms with Crippen molar-refractivity contribution in [2.75, 3.05) is 14.2 Å². The van der Waals surface area contributed by atoms with Gasteiger partial charge in [0.15, 0.2) is 17.3 Å². The molecule has 0 saturated heterocycles. The molecule has 0 aliphatic rings. The Balaban J connectivity index is 2.40. The van der Waals surface area contributed by atoms with Gasteiger partial charge in [-0.1, -0.05) is 12.1 Å². The number of esters is 1. The number of alkyl halides is 3. The van der Waals surface area contributed by atoms with Crippen LogP contribution in [0.4, 0.5) is 13.2 Å². The predicted molar refractivity (Wildman–Crippen MR) is 97.3 cm³/mol. The third-order valence-electron chi connectivity index (χ3n) is 3.79. The first-order chi connectivity index (χ1) is 13.6. The van der Waals surface area contributed by atoms with E-state index in [1.165, 1.54) is 26.4 Å². The van der Waals surface area contributed by atoms with Gasteiger partial charge in [-0.15, -0.1) is 0 Å². The molecular weight excluding hydrogens is 393 g/mol. The number of rotatable bonds is 6. The van der Waals surface area contributed by atoms with Gasteiger partial charge in [-0.25, -0.2) is 0 Å². The van der Waals surface area contributed by atoms with E-state index in [-0.39, 0.29) is 34.1 Å². The average Bonchev–Trinajstić information content (AvgIpc) is 2.66. The maximum absolute atomic E-state index is 12.6. The molecular formula is C20H17F3O6. The van der Waals surface area contributed by atoms with Crippen LogP contribution in [-0.2, 0) is 11.0 Å². The molecule has 0 amide bonds. The number of ether oxygens (including phenoxy) is 3. The van der Waals surface area contributed by atoms with Crippen LogP contribution in [0.5, 0.6) is 23.0 Å². The summed E-state index contributed by atoms with van der Waals surface area (Å²) in [5, 5.41) is 10.2. The molecule has 2 aromatic rings. The van der Waals surface area contributed by atoms with E-state index in [2.05, 4.69) is 0 Å². The van der Waals surface area contributed by atoms with Crippen LogP contribution >= 0.6 is 0 Å². The lowest BCUT2D eigenvalue weighted by molar-refractivity contribution is -0.137. The summed E-state index contributed by atoms with van der Waals surface area (Å²) in [4.78, 5) is 23.6. The summed E-state index contributed by atoms with van der Waals surface area (Å²) in [5.74, 6) is -1.73. The zero-order valence-corrected chi connectivity index (χ0v) is 15.7. The molecule has 0 saturated carbocycles. The SMILES string of the molecule is COc1cc(O)c(/C=C/C(=O)c2ccc(C(F)(F)F)cc2)c(OC)c1OC(C)=O. The van der Waals surface area contributed by atoms with Gasteiger partial charge in [-0.05, 0) is 24.3 Å². The molecule has 0 heterocycles. The van der Waals surface area contributed by atoms with Crippen molar-refractivity contribution in [2.24, 2.45) is 0 Å². The number of halogens is 3. The number of allylic oxidation sites excluding steroid dienone is 1. The third-order valence-corrected chi connectivity index (χ3v) is 3.79. The van der Waals surface area contributed by atoms with E-state index >= 15 is 0 Å². The lowest BCUT2D eigenvalue weighted by atomic mass is 10.1. The number of methoxy groups -OCH3 is 2.